The third-order valence-corrected chi connectivity index (χ3v) is 2.65. The van der Waals surface area contributed by atoms with E-state index in [2.05, 4.69) is 5.16 Å². The van der Waals surface area contributed by atoms with E-state index in [-0.39, 0.29) is 5.56 Å². The van der Waals surface area contributed by atoms with Crippen LogP contribution in [0.15, 0.2) is 23.4 Å². The Bertz CT molecular complexity index is 437. The summed E-state index contributed by atoms with van der Waals surface area (Å²) < 4.78 is 0. The van der Waals surface area contributed by atoms with Gasteiger partial charge < -0.3 is 10.3 Å². The second-order valence-corrected chi connectivity index (χ2v) is 3.58. The van der Waals surface area contributed by atoms with Crippen LogP contribution >= 0.6 is 0 Å². The Kier molecular flexibility index (Phi) is 2.41. The van der Waals surface area contributed by atoms with Gasteiger partial charge in [0.1, 0.15) is 0 Å². The number of aromatic carboxylic acids is 1. The molecule has 0 aliphatic heterocycles. The predicted octanol–water partition coefficient (Wildman–Crippen LogP) is 1.90. The molecule has 1 aromatic rings. The first-order valence-electron chi connectivity index (χ1n) is 4.80. The number of carbonyl (C=O) groups is 1. The topological polar surface area (TPSA) is 69.9 Å². The fraction of sp³-hybridized carbons (Fsp3) is 0.273. The first kappa shape index (κ1) is 9.71. The lowest BCUT2D eigenvalue weighted by atomic mass is 9.89. The van der Waals surface area contributed by atoms with Gasteiger partial charge in [0.15, 0.2) is 0 Å². The Morgan fingerprint density at radius 1 is 1.33 bits per heavy atom. The Hall–Kier alpha value is -1.84. The fourth-order valence-electron chi connectivity index (χ4n) is 1.88. The molecule has 78 valence electrons. The van der Waals surface area contributed by atoms with E-state index >= 15 is 0 Å². The normalized spacial score (nSPS) is 17.5. The number of carboxylic acids is 1. The minimum Gasteiger partial charge on any atom is -0.478 e. The maximum absolute atomic E-state index is 10.8. The molecule has 0 saturated heterocycles. The lowest BCUT2D eigenvalue weighted by Crippen LogP contribution is -2.13. The quantitative estimate of drug-likeness (QED) is 0.543. The average molecular weight is 205 g/mol. The first-order valence-corrected chi connectivity index (χ1v) is 4.80. The molecule has 0 fully saturated rings. The highest BCUT2D eigenvalue weighted by atomic mass is 16.4. The number of hydrogen-bond acceptors (Lipinski definition) is 3. The molecule has 0 bridgehead atoms. The van der Waals surface area contributed by atoms with Crippen LogP contribution in [0.5, 0.6) is 0 Å². The molecular weight excluding hydrogens is 194 g/mol. The van der Waals surface area contributed by atoms with Crippen molar-refractivity contribution in [1.82, 2.24) is 0 Å². The van der Waals surface area contributed by atoms with Crippen LogP contribution in [-0.2, 0) is 6.42 Å². The van der Waals surface area contributed by atoms with Gasteiger partial charge in [-0.3, -0.25) is 0 Å². The zero-order valence-electron chi connectivity index (χ0n) is 8.10. The van der Waals surface area contributed by atoms with Crippen molar-refractivity contribution < 1.29 is 15.1 Å². The molecule has 15 heavy (non-hydrogen) atoms. The van der Waals surface area contributed by atoms with E-state index in [0.29, 0.717) is 12.1 Å². The van der Waals surface area contributed by atoms with Crippen molar-refractivity contribution in [2.75, 3.05) is 0 Å². The molecule has 1 aliphatic carbocycles. The third kappa shape index (κ3) is 1.70. The summed E-state index contributed by atoms with van der Waals surface area (Å²) in [5.41, 5.74) is 2.64. The molecule has 0 radical (unpaired) electrons. The Labute approximate surface area is 86.8 Å². The van der Waals surface area contributed by atoms with Crippen LogP contribution in [0.1, 0.15) is 34.3 Å². The number of aryl methyl sites for hydroxylation is 1. The smallest absolute Gasteiger partial charge is 0.335 e. The summed E-state index contributed by atoms with van der Waals surface area (Å²) in [5, 5.41) is 20.9. The van der Waals surface area contributed by atoms with Crippen LogP contribution < -0.4 is 0 Å². The molecule has 0 amide bonds. The molecule has 1 aliphatic rings. The van der Waals surface area contributed by atoms with Gasteiger partial charge >= 0.3 is 5.97 Å². The molecule has 0 spiro atoms. The Morgan fingerprint density at radius 2 is 2.13 bits per heavy atom. The zero-order chi connectivity index (χ0) is 10.8. The van der Waals surface area contributed by atoms with E-state index in [1.165, 1.54) is 0 Å². The molecule has 4 heteroatoms. The lowest BCUT2D eigenvalue weighted by Gasteiger charge is -2.16. The van der Waals surface area contributed by atoms with Gasteiger partial charge in [-0.2, -0.15) is 0 Å². The molecule has 0 atom stereocenters. The molecule has 0 saturated carbocycles. The molecule has 0 heterocycles. The minimum absolute atomic E-state index is 0.233. The van der Waals surface area contributed by atoms with Crippen molar-refractivity contribution in [2.45, 2.75) is 19.3 Å². The highest BCUT2D eigenvalue weighted by molar-refractivity contribution is 6.04. The SMILES string of the molecule is O=C(O)c1ccc2c(c1)/C(=N/O)CCC2. The van der Waals surface area contributed by atoms with Crippen molar-refractivity contribution in [3.63, 3.8) is 0 Å². The third-order valence-electron chi connectivity index (χ3n) is 2.65. The predicted molar refractivity (Wildman–Crippen MR) is 54.7 cm³/mol. The fourth-order valence-corrected chi connectivity index (χ4v) is 1.88. The maximum atomic E-state index is 10.8. The minimum atomic E-state index is -0.958. The van der Waals surface area contributed by atoms with Crippen molar-refractivity contribution in [3.05, 3.63) is 34.9 Å². The summed E-state index contributed by atoms with van der Waals surface area (Å²) >= 11 is 0. The van der Waals surface area contributed by atoms with E-state index in [1.807, 2.05) is 0 Å². The molecule has 4 nitrogen and oxygen atoms in total. The van der Waals surface area contributed by atoms with Crippen molar-refractivity contribution in [2.24, 2.45) is 5.16 Å². The van der Waals surface area contributed by atoms with Gasteiger partial charge in [-0.15, -0.1) is 0 Å². The van der Waals surface area contributed by atoms with Crippen LogP contribution in [0.2, 0.25) is 0 Å². The van der Waals surface area contributed by atoms with Gasteiger partial charge in [0.25, 0.3) is 0 Å². The molecule has 0 unspecified atom stereocenters. The van der Waals surface area contributed by atoms with Gasteiger partial charge in [0, 0.05) is 5.56 Å². The summed E-state index contributed by atoms with van der Waals surface area (Å²) in [7, 11) is 0. The Balaban J connectivity index is 2.53. The average Bonchev–Trinajstić information content (AvgIpc) is 2.27. The van der Waals surface area contributed by atoms with Gasteiger partial charge in [-0.05, 0) is 37.0 Å². The van der Waals surface area contributed by atoms with E-state index in [9.17, 15) is 4.79 Å². The van der Waals surface area contributed by atoms with Crippen LogP contribution in [0, 0.1) is 0 Å². The van der Waals surface area contributed by atoms with Crippen molar-refractivity contribution in [3.8, 4) is 0 Å². The Morgan fingerprint density at radius 3 is 2.80 bits per heavy atom. The first-order chi connectivity index (χ1) is 7.22. The number of fused-ring (bicyclic) bond motifs is 1. The van der Waals surface area contributed by atoms with Gasteiger partial charge in [0.2, 0.25) is 0 Å². The van der Waals surface area contributed by atoms with Crippen LogP contribution in [0.4, 0.5) is 0 Å². The van der Waals surface area contributed by atoms with Crippen molar-refractivity contribution in [1.29, 1.82) is 0 Å². The molecule has 0 aromatic heterocycles. The van der Waals surface area contributed by atoms with Gasteiger partial charge in [0.05, 0.1) is 11.3 Å². The lowest BCUT2D eigenvalue weighted by molar-refractivity contribution is 0.0697. The molecule has 2 N–H and O–H groups in total. The van der Waals surface area contributed by atoms with E-state index in [4.69, 9.17) is 10.3 Å². The highest BCUT2D eigenvalue weighted by Gasteiger charge is 2.17. The highest BCUT2D eigenvalue weighted by Crippen LogP contribution is 2.22. The molecule has 2 rings (SSSR count). The summed E-state index contributed by atoms with van der Waals surface area (Å²) in [4.78, 5) is 10.8. The van der Waals surface area contributed by atoms with E-state index in [0.717, 1.165) is 24.0 Å². The number of benzene rings is 1. The van der Waals surface area contributed by atoms with Crippen LogP contribution in [0.3, 0.4) is 0 Å². The maximum Gasteiger partial charge on any atom is 0.335 e. The van der Waals surface area contributed by atoms with Crippen LogP contribution in [0.25, 0.3) is 0 Å². The summed E-state index contributed by atoms with van der Waals surface area (Å²) in [6, 6.07) is 4.95. The van der Waals surface area contributed by atoms with Gasteiger partial charge in [-0.25, -0.2) is 4.79 Å². The molecule has 1 aromatic carbocycles. The number of nitrogens with zero attached hydrogens (tertiary/aromatic N) is 1. The summed E-state index contributed by atoms with van der Waals surface area (Å²) in [6.45, 7) is 0. The number of carboxylic acid groups (broad SMARTS) is 1. The van der Waals surface area contributed by atoms with E-state index in [1.54, 1.807) is 18.2 Å². The molecular formula is C11H11NO3. The second-order valence-electron chi connectivity index (χ2n) is 3.58. The summed E-state index contributed by atoms with van der Waals surface area (Å²) in [5.74, 6) is -0.958. The van der Waals surface area contributed by atoms with Gasteiger partial charge in [-0.1, -0.05) is 11.2 Å². The number of oxime groups is 1. The number of rotatable bonds is 1. The van der Waals surface area contributed by atoms with Crippen molar-refractivity contribution >= 4 is 11.7 Å². The second kappa shape index (κ2) is 3.73. The van der Waals surface area contributed by atoms with E-state index < -0.39 is 5.97 Å². The number of hydrogen-bond donors (Lipinski definition) is 2. The van der Waals surface area contributed by atoms with Crippen LogP contribution in [-0.4, -0.2) is 22.0 Å². The monoisotopic (exact) mass is 205 g/mol. The standard InChI is InChI=1S/C11H11NO3/c13-11(14)8-5-4-7-2-1-3-10(12-15)9(7)6-8/h4-6,15H,1-3H2,(H,13,14)/b12-10+. The zero-order valence-corrected chi connectivity index (χ0v) is 8.10. The largest absolute Gasteiger partial charge is 0.478 e. The summed E-state index contributed by atoms with van der Waals surface area (Å²) in [6.07, 6.45) is 2.56.